The molecule has 0 aliphatic carbocycles. The highest BCUT2D eigenvalue weighted by Crippen LogP contribution is 2.18. The molecule has 0 saturated heterocycles. The van der Waals surface area contributed by atoms with E-state index in [1.165, 1.54) is 0 Å². The van der Waals surface area contributed by atoms with Crippen molar-refractivity contribution in [3.63, 3.8) is 0 Å². The van der Waals surface area contributed by atoms with Crippen LogP contribution in [-0.4, -0.2) is 24.2 Å². The largest absolute Gasteiger partial charge is 0.502 e. The lowest BCUT2D eigenvalue weighted by molar-refractivity contribution is 0.0436. The van der Waals surface area contributed by atoms with Gasteiger partial charge in [0.1, 0.15) is 18.6 Å². The average Bonchev–Trinajstić information content (AvgIpc) is 2.57. The molecule has 0 radical (unpaired) electrons. The summed E-state index contributed by atoms with van der Waals surface area (Å²) in [5, 5.41) is 9.02. The van der Waals surface area contributed by atoms with E-state index >= 15 is 0 Å². The number of halogens is 2. The van der Waals surface area contributed by atoms with Crippen LogP contribution in [0.25, 0.3) is 0 Å². The van der Waals surface area contributed by atoms with Crippen molar-refractivity contribution in [3.8, 4) is 5.75 Å². The van der Waals surface area contributed by atoms with Crippen molar-refractivity contribution in [1.82, 2.24) is 0 Å². The molecule has 126 valence electrons. The Balaban J connectivity index is 2.22. The van der Waals surface area contributed by atoms with Crippen LogP contribution in [0.15, 0.2) is 33.7 Å². The molecule has 0 aliphatic heterocycles. The van der Waals surface area contributed by atoms with E-state index < -0.39 is 46.9 Å². The molecule has 0 bridgehead atoms. The Morgan fingerprint density at radius 2 is 1.92 bits per heavy atom. The molecule has 1 heterocycles. The summed E-state index contributed by atoms with van der Waals surface area (Å²) in [6.45, 7) is -0.572. The molecule has 1 aromatic heterocycles. The van der Waals surface area contributed by atoms with Gasteiger partial charge in [-0.3, -0.25) is 4.79 Å². The summed E-state index contributed by atoms with van der Waals surface area (Å²) in [6, 6.07) is 2.22. The number of hydrogen-bond donors (Lipinski definition) is 1. The SMILES string of the molecule is COC(=O)c1cc(F)c(F)c(C(=O)OCc2cc(=O)c(O)co2)c1. The smallest absolute Gasteiger partial charge is 0.341 e. The summed E-state index contributed by atoms with van der Waals surface area (Å²) < 4.78 is 41.0. The van der Waals surface area contributed by atoms with E-state index in [9.17, 15) is 23.2 Å². The van der Waals surface area contributed by atoms with Gasteiger partial charge in [-0.25, -0.2) is 18.4 Å². The molecule has 2 rings (SSSR count). The van der Waals surface area contributed by atoms with Gasteiger partial charge in [0, 0.05) is 6.07 Å². The average molecular weight is 340 g/mol. The van der Waals surface area contributed by atoms with Gasteiger partial charge >= 0.3 is 11.9 Å². The summed E-state index contributed by atoms with van der Waals surface area (Å²) in [6.07, 6.45) is 0.740. The number of rotatable bonds is 4. The van der Waals surface area contributed by atoms with Gasteiger partial charge < -0.3 is 19.0 Å². The third kappa shape index (κ3) is 3.57. The zero-order chi connectivity index (χ0) is 17.9. The van der Waals surface area contributed by atoms with Crippen molar-refractivity contribution in [2.45, 2.75) is 6.61 Å². The second kappa shape index (κ2) is 6.90. The van der Waals surface area contributed by atoms with E-state index in [1.54, 1.807) is 0 Å². The van der Waals surface area contributed by atoms with Crippen LogP contribution in [0.5, 0.6) is 5.75 Å². The molecule has 2 aromatic rings. The van der Waals surface area contributed by atoms with Crippen LogP contribution in [0.3, 0.4) is 0 Å². The quantitative estimate of drug-likeness (QED) is 0.846. The molecule has 1 N–H and O–H groups in total. The monoisotopic (exact) mass is 340 g/mol. The lowest BCUT2D eigenvalue weighted by Gasteiger charge is -2.07. The van der Waals surface area contributed by atoms with Crippen LogP contribution < -0.4 is 5.43 Å². The number of carbonyl (C=O) groups excluding carboxylic acids is 2. The summed E-state index contributed by atoms with van der Waals surface area (Å²) >= 11 is 0. The maximum atomic E-state index is 13.7. The molecule has 24 heavy (non-hydrogen) atoms. The Hall–Kier alpha value is -3.23. The molecular weight excluding hydrogens is 330 g/mol. The Bertz CT molecular complexity index is 857. The summed E-state index contributed by atoms with van der Waals surface area (Å²) in [4.78, 5) is 34.4. The number of benzene rings is 1. The summed E-state index contributed by atoms with van der Waals surface area (Å²) in [7, 11) is 1.04. The van der Waals surface area contributed by atoms with E-state index in [2.05, 4.69) is 4.74 Å². The van der Waals surface area contributed by atoms with Gasteiger partial charge in [-0.05, 0) is 12.1 Å². The van der Waals surface area contributed by atoms with Gasteiger partial charge in [0.25, 0.3) is 0 Å². The molecular formula is C15H10F2O7. The normalized spacial score (nSPS) is 10.3. The van der Waals surface area contributed by atoms with Crippen molar-refractivity contribution in [2.75, 3.05) is 7.11 Å². The number of aromatic hydroxyl groups is 1. The molecule has 0 amide bonds. The van der Waals surface area contributed by atoms with Crippen LogP contribution in [0.1, 0.15) is 26.5 Å². The van der Waals surface area contributed by atoms with Gasteiger partial charge in [-0.2, -0.15) is 0 Å². The van der Waals surface area contributed by atoms with Crippen molar-refractivity contribution in [2.24, 2.45) is 0 Å². The van der Waals surface area contributed by atoms with Crippen LogP contribution in [-0.2, 0) is 16.1 Å². The van der Waals surface area contributed by atoms with Crippen LogP contribution in [0, 0.1) is 11.6 Å². The van der Waals surface area contributed by atoms with E-state index in [4.69, 9.17) is 14.3 Å². The van der Waals surface area contributed by atoms with E-state index in [0.29, 0.717) is 6.07 Å². The summed E-state index contributed by atoms with van der Waals surface area (Å²) in [5.41, 5.74) is -1.96. The van der Waals surface area contributed by atoms with E-state index in [-0.39, 0.29) is 11.3 Å². The van der Waals surface area contributed by atoms with Crippen molar-refractivity contribution in [3.05, 3.63) is 63.2 Å². The zero-order valence-electron chi connectivity index (χ0n) is 12.2. The van der Waals surface area contributed by atoms with Crippen molar-refractivity contribution in [1.29, 1.82) is 0 Å². The molecule has 1 aromatic carbocycles. The maximum Gasteiger partial charge on any atom is 0.341 e. The first-order valence-electron chi connectivity index (χ1n) is 6.38. The highest BCUT2D eigenvalue weighted by atomic mass is 19.2. The van der Waals surface area contributed by atoms with Gasteiger partial charge in [0.05, 0.1) is 18.2 Å². The standard InChI is InChI=1S/C15H10F2O7/c1-22-14(20)7-2-9(13(17)10(16)3-7)15(21)24-5-8-4-11(18)12(19)6-23-8/h2-4,6,19H,5H2,1H3. The number of carbonyl (C=O) groups is 2. The molecule has 0 atom stereocenters. The lowest BCUT2D eigenvalue weighted by atomic mass is 10.1. The molecule has 9 heteroatoms. The molecule has 0 unspecified atom stereocenters. The molecule has 7 nitrogen and oxygen atoms in total. The third-order valence-corrected chi connectivity index (χ3v) is 2.88. The Kier molecular flexibility index (Phi) is 4.93. The first-order chi connectivity index (χ1) is 11.3. The highest BCUT2D eigenvalue weighted by Gasteiger charge is 2.21. The summed E-state index contributed by atoms with van der Waals surface area (Å²) in [5.74, 6) is -5.94. The minimum absolute atomic E-state index is 0.129. The molecule has 0 fully saturated rings. The lowest BCUT2D eigenvalue weighted by Crippen LogP contribution is -2.12. The fourth-order valence-electron chi connectivity index (χ4n) is 1.71. The molecule has 0 spiro atoms. The topological polar surface area (TPSA) is 103 Å². The van der Waals surface area contributed by atoms with Crippen LogP contribution in [0.4, 0.5) is 8.78 Å². The van der Waals surface area contributed by atoms with Crippen molar-refractivity contribution < 1.29 is 37.4 Å². The first-order valence-corrected chi connectivity index (χ1v) is 6.38. The minimum Gasteiger partial charge on any atom is -0.502 e. The fraction of sp³-hybridized carbons (Fsp3) is 0.133. The Morgan fingerprint density at radius 1 is 1.21 bits per heavy atom. The van der Waals surface area contributed by atoms with Crippen LogP contribution in [0.2, 0.25) is 0 Å². The molecule has 0 aliphatic rings. The first kappa shape index (κ1) is 17.1. The third-order valence-electron chi connectivity index (χ3n) is 2.88. The maximum absolute atomic E-state index is 13.7. The van der Waals surface area contributed by atoms with Gasteiger partial charge in [-0.15, -0.1) is 0 Å². The zero-order valence-corrected chi connectivity index (χ0v) is 12.2. The highest BCUT2D eigenvalue weighted by molar-refractivity contribution is 5.95. The van der Waals surface area contributed by atoms with Crippen LogP contribution >= 0.6 is 0 Å². The van der Waals surface area contributed by atoms with Crippen molar-refractivity contribution >= 4 is 11.9 Å². The number of esters is 2. The number of methoxy groups -OCH3 is 1. The predicted molar refractivity (Wildman–Crippen MR) is 73.5 cm³/mol. The minimum atomic E-state index is -1.50. The fourth-order valence-corrected chi connectivity index (χ4v) is 1.71. The Morgan fingerprint density at radius 3 is 2.54 bits per heavy atom. The second-order valence-electron chi connectivity index (χ2n) is 4.48. The second-order valence-corrected chi connectivity index (χ2v) is 4.48. The number of hydrogen-bond acceptors (Lipinski definition) is 7. The van der Waals surface area contributed by atoms with Gasteiger partial charge in [0.2, 0.25) is 5.43 Å². The van der Waals surface area contributed by atoms with Gasteiger partial charge in [0.15, 0.2) is 17.4 Å². The number of ether oxygens (including phenoxy) is 2. The van der Waals surface area contributed by atoms with E-state index in [1.807, 2.05) is 0 Å². The molecule has 0 saturated carbocycles. The predicted octanol–water partition coefficient (Wildman–Crippen LogP) is 1.77. The van der Waals surface area contributed by atoms with E-state index in [0.717, 1.165) is 25.5 Å². The Labute approximate surface area is 133 Å². The van der Waals surface area contributed by atoms with Gasteiger partial charge in [-0.1, -0.05) is 0 Å².